The summed E-state index contributed by atoms with van der Waals surface area (Å²) >= 11 is 0. The van der Waals surface area contributed by atoms with Crippen LogP contribution in [-0.2, 0) is 4.79 Å². The van der Waals surface area contributed by atoms with Crippen LogP contribution in [0.4, 0.5) is 0 Å². The zero-order valence-electron chi connectivity index (χ0n) is 13.9. The smallest absolute Gasteiger partial charge is 0.226 e. The van der Waals surface area contributed by atoms with E-state index in [1.54, 1.807) is 0 Å². The van der Waals surface area contributed by atoms with E-state index in [0.717, 1.165) is 24.4 Å². The fourth-order valence-electron chi connectivity index (χ4n) is 2.66. The highest BCUT2D eigenvalue weighted by molar-refractivity contribution is 5.85. The number of aryl methyl sites for hydroxylation is 2. The number of hydrogen-bond acceptors (Lipinski definition) is 3. The molecule has 2 atom stereocenters. The van der Waals surface area contributed by atoms with E-state index in [0.29, 0.717) is 19.1 Å². The van der Waals surface area contributed by atoms with Crippen molar-refractivity contribution in [3.8, 4) is 5.75 Å². The van der Waals surface area contributed by atoms with Crippen LogP contribution in [0.3, 0.4) is 0 Å². The number of ether oxygens (including phenoxy) is 1. The summed E-state index contributed by atoms with van der Waals surface area (Å²) in [7, 11) is 0. The van der Waals surface area contributed by atoms with Crippen molar-refractivity contribution in [2.24, 2.45) is 0 Å². The highest BCUT2D eigenvalue weighted by atomic mass is 35.5. The minimum atomic E-state index is 0. The normalized spacial score (nSPS) is 21.2. The van der Waals surface area contributed by atoms with E-state index < -0.39 is 0 Å². The van der Waals surface area contributed by atoms with Gasteiger partial charge in [-0.2, -0.15) is 0 Å². The van der Waals surface area contributed by atoms with Crippen molar-refractivity contribution in [3.05, 3.63) is 29.3 Å². The van der Waals surface area contributed by atoms with Gasteiger partial charge in [-0.25, -0.2) is 0 Å². The molecule has 0 saturated carbocycles. The standard InChI is InChI=1S/C17H26N2O2.ClH/c1-12-5-6-13(2)16(11-12)21-10-7-17(20)19-9-8-18-14(3)15(19)4;/h5-6,11,14-15,18H,7-10H2,1-4H3;1H. The Labute approximate surface area is 139 Å². The Balaban J connectivity index is 0.00000242. The molecule has 0 radical (unpaired) electrons. The third-order valence-corrected chi connectivity index (χ3v) is 4.27. The van der Waals surface area contributed by atoms with Gasteiger partial charge < -0.3 is 15.0 Å². The Morgan fingerprint density at radius 2 is 2.09 bits per heavy atom. The Bertz CT molecular complexity index is 507. The van der Waals surface area contributed by atoms with E-state index in [4.69, 9.17) is 4.74 Å². The predicted molar refractivity (Wildman–Crippen MR) is 91.9 cm³/mol. The van der Waals surface area contributed by atoms with Crippen molar-refractivity contribution in [3.63, 3.8) is 0 Å². The van der Waals surface area contributed by atoms with Crippen LogP contribution < -0.4 is 10.1 Å². The summed E-state index contributed by atoms with van der Waals surface area (Å²) in [5, 5.41) is 3.39. The molecule has 124 valence electrons. The summed E-state index contributed by atoms with van der Waals surface area (Å²) in [6.07, 6.45) is 0.435. The summed E-state index contributed by atoms with van der Waals surface area (Å²) in [6.45, 7) is 10.4. The second-order valence-electron chi connectivity index (χ2n) is 5.94. The highest BCUT2D eigenvalue weighted by Gasteiger charge is 2.27. The number of hydrogen-bond donors (Lipinski definition) is 1. The summed E-state index contributed by atoms with van der Waals surface area (Å²) < 4.78 is 5.78. The van der Waals surface area contributed by atoms with E-state index in [2.05, 4.69) is 25.2 Å². The summed E-state index contributed by atoms with van der Waals surface area (Å²) in [5.41, 5.74) is 2.28. The van der Waals surface area contributed by atoms with Gasteiger partial charge in [0.05, 0.1) is 13.0 Å². The van der Waals surface area contributed by atoms with E-state index >= 15 is 0 Å². The number of rotatable bonds is 4. The highest BCUT2D eigenvalue weighted by Crippen LogP contribution is 2.19. The molecule has 0 aliphatic carbocycles. The van der Waals surface area contributed by atoms with Crippen LogP contribution >= 0.6 is 12.4 Å². The molecule has 1 fully saturated rings. The summed E-state index contributed by atoms with van der Waals surface area (Å²) in [4.78, 5) is 14.3. The fraction of sp³-hybridized carbons (Fsp3) is 0.588. The summed E-state index contributed by atoms with van der Waals surface area (Å²) in [5.74, 6) is 1.06. The van der Waals surface area contributed by atoms with Crippen molar-refractivity contribution >= 4 is 18.3 Å². The van der Waals surface area contributed by atoms with Crippen molar-refractivity contribution in [2.45, 2.75) is 46.2 Å². The SMILES string of the molecule is Cc1ccc(C)c(OCCC(=O)N2CCNC(C)C2C)c1.Cl. The van der Waals surface area contributed by atoms with Crippen molar-refractivity contribution in [1.82, 2.24) is 10.2 Å². The van der Waals surface area contributed by atoms with Gasteiger partial charge in [0.2, 0.25) is 5.91 Å². The van der Waals surface area contributed by atoms with Gasteiger partial charge in [0.15, 0.2) is 0 Å². The molecule has 5 heteroatoms. The van der Waals surface area contributed by atoms with Crippen LogP contribution in [0.15, 0.2) is 18.2 Å². The lowest BCUT2D eigenvalue weighted by Gasteiger charge is -2.38. The lowest BCUT2D eigenvalue weighted by Crippen LogP contribution is -2.57. The van der Waals surface area contributed by atoms with Gasteiger partial charge in [0.1, 0.15) is 5.75 Å². The van der Waals surface area contributed by atoms with Gasteiger partial charge in [0.25, 0.3) is 0 Å². The first kappa shape index (κ1) is 18.8. The molecule has 1 heterocycles. The molecule has 1 aliphatic rings. The third-order valence-electron chi connectivity index (χ3n) is 4.27. The van der Waals surface area contributed by atoms with Gasteiger partial charge in [-0.15, -0.1) is 12.4 Å². The quantitative estimate of drug-likeness (QED) is 0.925. The maximum atomic E-state index is 12.3. The predicted octanol–water partition coefficient (Wildman–Crippen LogP) is 2.70. The average Bonchev–Trinajstić information content (AvgIpc) is 2.45. The molecule has 0 aromatic heterocycles. The molecule has 1 aromatic rings. The largest absolute Gasteiger partial charge is 0.493 e. The van der Waals surface area contributed by atoms with Crippen LogP contribution in [0.2, 0.25) is 0 Å². The van der Waals surface area contributed by atoms with Crippen LogP contribution in [0.1, 0.15) is 31.4 Å². The molecule has 4 nitrogen and oxygen atoms in total. The van der Waals surface area contributed by atoms with Crippen molar-refractivity contribution in [1.29, 1.82) is 0 Å². The molecular weight excluding hydrogens is 300 g/mol. The molecule has 22 heavy (non-hydrogen) atoms. The molecule has 1 N–H and O–H groups in total. The van der Waals surface area contributed by atoms with Crippen LogP contribution in [0, 0.1) is 13.8 Å². The monoisotopic (exact) mass is 326 g/mol. The number of nitrogens with zero attached hydrogens (tertiary/aromatic N) is 1. The van der Waals surface area contributed by atoms with E-state index in [1.165, 1.54) is 5.56 Å². The second kappa shape index (κ2) is 8.39. The molecule has 2 unspecified atom stereocenters. The number of nitrogens with one attached hydrogen (secondary N) is 1. The minimum Gasteiger partial charge on any atom is -0.493 e. The first-order valence-electron chi connectivity index (χ1n) is 7.72. The minimum absolute atomic E-state index is 0. The molecule has 2 rings (SSSR count). The van der Waals surface area contributed by atoms with Crippen molar-refractivity contribution in [2.75, 3.05) is 19.7 Å². The van der Waals surface area contributed by atoms with E-state index in [9.17, 15) is 4.79 Å². The lowest BCUT2D eigenvalue weighted by molar-refractivity contribution is -0.135. The van der Waals surface area contributed by atoms with E-state index in [1.807, 2.05) is 30.9 Å². The van der Waals surface area contributed by atoms with Gasteiger partial charge in [-0.3, -0.25) is 4.79 Å². The number of carbonyl (C=O) groups excluding carboxylic acids is 1. The first-order valence-corrected chi connectivity index (χ1v) is 7.72. The molecule has 1 aliphatic heterocycles. The number of benzene rings is 1. The first-order chi connectivity index (χ1) is 9.99. The molecule has 0 spiro atoms. The molecule has 1 saturated heterocycles. The number of halogens is 1. The van der Waals surface area contributed by atoms with Crippen LogP contribution in [0.25, 0.3) is 0 Å². The Morgan fingerprint density at radius 3 is 2.82 bits per heavy atom. The molecule has 0 bridgehead atoms. The number of piperazine rings is 1. The van der Waals surface area contributed by atoms with Crippen LogP contribution in [-0.4, -0.2) is 42.6 Å². The van der Waals surface area contributed by atoms with Gasteiger partial charge in [-0.1, -0.05) is 12.1 Å². The zero-order valence-corrected chi connectivity index (χ0v) is 14.7. The Morgan fingerprint density at radius 1 is 1.36 bits per heavy atom. The Hall–Kier alpha value is -1.26. The Kier molecular flexibility index (Phi) is 7.17. The topological polar surface area (TPSA) is 41.6 Å². The average molecular weight is 327 g/mol. The molecule has 1 amide bonds. The van der Waals surface area contributed by atoms with Gasteiger partial charge in [-0.05, 0) is 44.9 Å². The number of carbonyl (C=O) groups is 1. The second-order valence-corrected chi connectivity index (χ2v) is 5.94. The summed E-state index contributed by atoms with van der Waals surface area (Å²) in [6, 6.07) is 6.73. The maximum Gasteiger partial charge on any atom is 0.226 e. The molecule has 1 aromatic carbocycles. The third kappa shape index (κ3) is 4.62. The zero-order chi connectivity index (χ0) is 15.4. The van der Waals surface area contributed by atoms with Crippen LogP contribution in [0.5, 0.6) is 5.75 Å². The van der Waals surface area contributed by atoms with Crippen molar-refractivity contribution < 1.29 is 9.53 Å². The van der Waals surface area contributed by atoms with Gasteiger partial charge >= 0.3 is 0 Å². The number of amides is 1. The fourth-order valence-corrected chi connectivity index (χ4v) is 2.66. The lowest BCUT2D eigenvalue weighted by atomic mass is 10.1. The maximum absolute atomic E-state index is 12.3. The van der Waals surface area contributed by atoms with Gasteiger partial charge in [0, 0.05) is 25.2 Å². The van der Waals surface area contributed by atoms with E-state index in [-0.39, 0.29) is 24.4 Å². The molecular formula is C17H27ClN2O2.